The zero-order chi connectivity index (χ0) is 21.0. The van der Waals surface area contributed by atoms with Crippen molar-refractivity contribution in [1.82, 2.24) is 19.7 Å². The van der Waals surface area contributed by atoms with Crippen molar-refractivity contribution in [2.45, 2.75) is 57.7 Å². The fraction of sp³-hybridized carbons (Fsp3) is 0.571. The molecule has 6 nitrogen and oxygen atoms in total. The second-order valence-electron chi connectivity index (χ2n) is 7.84. The molecule has 1 fully saturated rings. The van der Waals surface area contributed by atoms with E-state index in [2.05, 4.69) is 61.7 Å². The molecule has 2 aromatic rings. The first kappa shape index (κ1) is 22.3. The number of nitrogens with one attached hydrogen (secondary N) is 1. The Bertz CT molecular complexity index is 854. The lowest BCUT2D eigenvalue weighted by atomic mass is 9.97. The standard InChI is InChI=1S/C21H30BrN5OS/c1-5-29-21-25-24-20(27(21)14(2)3)16-7-6-10-26(12-16)13-19(28)23-18-9-8-15(4)11-17(18)22/h8-9,11,14,16H,5-7,10,12-13H2,1-4H3,(H,23,28). The Balaban J connectivity index is 1.66. The van der Waals surface area contributed by atoms with E-state index in [-0.39, 0.29) is 5.91 Å². The summed E-state index contributed by atoms with van der Waals surface area (Å²) in [7, 11) is 0. The van der Waals surface area contributed by atoms with Crippen molar-refractivity contribution >= 4 is 39.3 Å². The predicted octanol–water partition coefficient (Wildman–Crippen LogP) is 4.86. The van der Waals surface area contributed by atoms with Crippen LogP contribution in [0.4, 0.5) is 5.69 Å². The van der Waals surface area contributed by atoms with Gasteiger partial charge in [0.25, 0.3) is 0 Å². The zero-order valence-electron chi connectivity index (χ0n) is 17.6. The van der Waals surface area contributed by atoms with Crippen LogP contribution in [0.15, 0.2) is 27.8 Å². The van der Waals surface area contributed by atoms with Crippen LogP contribution in [-0.2, 0) is 4.79 Å². The molecule has 1 aliphatic heterocycles. The van der Waals surface area contributed by atoms with Crippen LogP contribution in [-0.4, -0.2) is 51.0 Å². The van der Waals surface area contributed by atoms with Gasteiger partial charge in [0.2, 0.25) is 5.91 Å². The number of aryl methyl sites for hydroxylation is 1. The molecule has 1 unspecified atom stereocenters. The van der Waals surface area contributed by atoms with E-state index in [4.69, 9.17) is 0 Å². The van der Waals surface area contributed by atoms with E-state index < -0.39 is 0 Å². The Morgan fingerprint density at radius 3 is 2.86 bits per heavy atom. The third kappa shape index (κ3) is 5.61. The normalized spacial score (nSPS) is 17.7. The molecule has 0 saturated carbocycles. The maximum Gasteiger partial charge on any atom is 0.238 e. The number of benzene rings is 1. The Labute approximate surface area is 186 Å². The van der Waals surface area contributed by atoms with E-state index in [1.807, 2.05) is 25.1 Å². The molecule has 158 valence electrons. The van der Waals surface area contributed by atoms with Crippen molar-refractivity contribution in [3.8, 4) is 0 Å². The van der Waals surface area contributed by atoms with E-state index in [1.54, 1.807) is 11.8 Å². The van der Waals surface area contributed by atoms with Gasteiger partial charge in [-0.3, -0.25) is 9.69 Å². The van der Waals surface area contributed by atoms with E-state index in [0.29, 0.717) is 18.5 Å². The number of amides is 1. The van der Waals surface area contributed by atoms with Crippen LogP contribution >= 0.6 is 27.7 Å². The average molecular weight is 480 g/mol. The maximum atomic E-state index is 12.6. The lowest BCUT2D eigenvalue weighted by Crippen LogP contribution is -2.40. The van der Waals surface area contributed by atoms with E-state index in [9.17, 15) is 4.79 Å². The summed E-state index contributed by atoms with van der Waals surface area (Å²) in [6.45, 7) is 10.7. The molecular weight excluding hydrogens is 450 g/mol. The number of aromatic nitrogens is 3. The van der Waals surface area contributed by atoms with Gasteiger partial charge in [-0.1, -0.05) is 24.8 Å². The highest BCUT2D eigenvalue weighted by molar-refractivity contribution is 9.10. The van der Waals surface area contributed by atoms with Gasteiger partial charge in [-0.05, 0) is 79.5 Å². The number of thioether (sulfide) groups is 1. The molecule has 0 spiro atoms. The second-order valence-corrected chi connectivity index (χ2v) is 9.93. The molecule has 2 heterocycles. The topological polar surface area (TPSA) is 63.1 Å². The van der Waals surface area contributed by atoms with Crippen molar-refractivity contribution in [3.63, 3.8) is 0 Å². The molecule has 1 amide bonds. The van der Waals surface area contributed by atoms with Crippen molar-refractivity contribution in [2.24, 2.45) is 0 Å². The molecule has 1 aromatic heterocycles. The summed E-state index contributed by atoms with van der Waals surface area (Å²) in [6, 6.07) is 6.28. The molecule has 0 radical (unpaired) electrons. The summed E-state index contributed by atoms with van der Waals surface area (Å²) in [5.74, 6) is 2.37. The highest BCUT2D eigenvalue weighted by Crippen LogP contribution is 2.31. The molecule has 8 heteroatoms. The van der Waals surface area contributed by atoms with Crippen LogP contribution in [0.2, 0.25) is 0 Å². The summed E-state index contributed by atoms with van der Waals surface area (Å²) in [6.07, 6.45) is 2.15. The number of carbonyl (C=O) groups is 1. The molecule has 3 rings (SSSR count). The Hall–Kier alpha value is -1.38. The SMILES string of the molecule is CCSc1nnc(C2CCCN(CC(=O)Nc3ccc(C)cc3Br)C2)n1C(C)C. The number of likely N-dealkylation sites (tertiary alicyclic amines) is 1. The van der Waals surface area contributed by atoms with Gasteiger partial charge >= 0.3 is 0 Å². The molecule has 1 saturated heterocycles. The molecule has 1 atom stereocenters. The minimum Gasteiger partial charge on any atom is -0.324 e. The molecule has 1 aliphatic rings. The van der Waals surface area contributed by atoms with Crippen molar-refractivity contribution in [3.05, 3.63) is 34.1 Å². The van der Waals surface area contributed by atoms with Crippen LogP contribution in [0.25, 0.3) is 0 Å². The summed E-state index contributed by atoms with van der Waals surface area (Å²) >= 11 is 5.27. The fourth-order valence-electron chi connectivity index (χ4n) is 3.80. The van der Waals surface area contributed by atoms with Gasteiger partial charge in [0.15, 0.2) is 5.16 Å². The molecular formula is C21H30BrN5OS. The van der Waals surface area contributed by atoms with Crippen LogP contribution in [0.1, 0.15) is 57.0 Å². The van der Waals surface area contributed by atoms with Gasteiger partial charge in [0.05, 0.1) is 12.2 Å². The van der Waals surface area contributed by atoms with E-state index in [1.165, 1.54) is 0 Å². The Morgan fingerprint density at radius 2 is 2.17 bits per heavy atom. The fourth-order valence-corrected chi connectivity index (χ4v) is 5.20. The van der Waals surface area contributed by atoms with Crippen LogP contribution in [0.3, 0.4) is 0 Å². The first-order valence-corrected chi connectivity index (χ1v) is 12.0. The quantitative estimate of drug-likeness (QED) is 0.574. The third-order valence-electron chi connectivity index (χ3n) is 5.12. The van der Waals surface area contributed by atoms with Gasteiger partial charge in [-0.15, -0.1) is 10.2 Å². The number of rotatable bonds is 7. The first-order valence-electron chi connectivity index (χ1n) is 10.2. The summed E-state index contributed by atoms with van der Waals surface area (Å²) < 4.78 is 3.18. The number of carbonyl (C=O) groups excluding carboxylic acids is 1. The van der Waals surface area contributed by atoms with Crippen LogP contribution in [0.5, 0.6) is 0 Å². The lowest BCUT2D eigenvalue weighted by molar-refractivity contribution is -0.117. The number of nitrogens with zero attached hydrogens (tertiary/aromatic N) is 4. The highest BCUT2D eigenvalue weighted by atomic mass is 79.9. The number of hydrogen-bond donors (Lipinski definition) is 1. The van der Waals surface area contributed by atoms with Gasteiger partial charge in [0.1, 0.15) is 5.82 Å². The van der Waals surface area contributed by atoms with Crippen molar-refractivity contribution < 1.29 is 4.79 Å². The van der Waals surface area contributed by atoms with Crippen LogP contribution < -0.4 is 5.32 Å². The summed E-state index contributed by atoms with van der Waals surface area (Å²) in [5, 5.41) is 13.0. The number of anilines is 1. The number of hydrogen-bond acceptors (Lipinski definition) is 5. The largest absolute Gasteiger partial charge is 0.324 e. The first-order chi connectivity index (χ1) is 13.9. The van der Waals surface area contributed by atoms with Crippen molar-refractivity contribution in [2.75, 3.05) is 30.7 Å². The van der Waals surface area contributed by atoms with Gasteiger partial charge < -0.3 is 9.88 Å². The number of halogens is 1. The second kappa shape index (κ2) is 10.1. The summed E-state index contributed by atoms with van der Waals surface area (Å²) in [5.41, 5.74) is 1.97. The molecule has 29 heavy (non-hydrogen) atoms. The summed E-state index contributed by atoms with van der Waals surface area (Å²) in [4.78, 5) is 14.8. The smallest absolute Gasteiger partial charge is 0.238 e. The third-order valence-corrected chi connectivity index (χ3v) is 6.60. The van der Waals surface area contributed by atoms with Crippen LogP contribution in [0, 0.1) is 6.92 Å². The van der Waals surface area contributed by atoms with E-state index >= 15 is 0 Å². The monoisotopic (exact) mass is 479 g/mol. The Kier molecular flexibility index (Phi) is 7.76. The molecule has 0 bridgehead atoms. The molecule has 1 N–H and O–H groups in total. The average Bonchev–Trinajstić information content (AvgIpc) is 3.08. The lowest BCUT2D eigenvalue weighted by Gasteiger charge is -2.32. The zero-order valence-corrected chi connectivity index (χ0v) is 20.0. The minimum absolute atomic E-state index is 0.0164. The highest BCUT2D eigenvalue weighted by Gasteiger charge is 2.28. The van der Waals surface area contributed by atoms with Gasteiger partial charge in [-0.25, -0.2) is 0 Å². The molecule has 0 aliphatic carbocycles. The van der Waals surface area contributed by atoms with E-state index in [0.717, 1.165) is 58.4 Å². The van der Waals surface area contributed by atoms with Crippen molar-refractivity contribution in [1.29, 1.82) is 0 Å². The Morgan fingerprint density at radius 1 is 1.38 bits per heavy atom. The van der Waals surface area contributed by atoms with Gasteiger partial charge in [-0.2, -0.15) is 0 Å². The maximum absolute atomic E-state index is 12.6. The minimum atomic E-state index is 0.0164. The molecule has 1 aromatic carbocycles. The number of piperidine rings is 1. The van der Waals surface area contributed by atoms with Gasteiger partial charge in [0, 0.05) is 23.0 Å². The predicted molar refractivity (Wildman–Crippen MR) is 123 cm³/mol.